The topological polar surface area (TPSA) is 17.1 Å². The number of hydrogen-bond donors (Lipinski definition) is 0. The molecule has 0 saturated carbocycles. The molecule has 2 rings (SSSR count). The molecule has 1 nitrogen and oxygen atoms in total. The lowest BCUT2D eigenvalue weighted by atomic mass is 10.2. The summed E-state index contributed by atoms with van der Waals surface area (Å²) in [5, 5.41) is 0.750. The first-order valence-electron chi connectivity index (χ1n) is 5.03. The quantitative estimate of drug-likeness (QED) is 0.677. The minimum absolute atomic E-state index is 0.143. The van der Waals surface area contributed by atoms with Crippen LogP contribution >= 0.6 is 7.14 Å². The predicted octanol–water partition coefficient (Wildman–Crippen LogP) is 3.10. The number of halogens is 2. The summed E-state index contributed by atoms with van der Waals surface area (Å²) in [7, 11) is -2.53. The van der Waals surface area contributed by atoms with Gasteiger partial charge in [-0.15, -0.1) is 0 Å². The van der Waals surface area contributed by atoms with E-state index >= 15 is 0 Å². The Bertz CT molecular complexity index is 375. The van der Waals surface area contributed by atoms with E-state index in [0.29, 0.717) is 0 Å². The van der Waals surface area contributed by atoms with Crippen LogP contribution in [0.3, 0.4) is 0 Å². The van der Waals surface area contributed by atoms with Crippen LogP contribution in [0.5, 0.6) is 0 Å². The molecule has 0 aromatic heterocycles. The van der Waals surface area contributed by atoms with Gasteiger partial charge < -0.3 is 4.57 Å². The van der Waals surface area contributed by atoms with Crippen LogP contribution < -0.4 is 5.30 Å². The molecule has 4 heteroatoms. The van der Waals surface area contributed by atoms with Crippen molar-refractivity contribution in [1.82, 2.24) is 0 Å². The van der Waals surface area contributed by atoms with Crippen molar-refractivity contribution in [2.75, 3.05) is 12.3 Å². The molecule has 0 bridgehead atoms. The molecule has 0 unspecified atom stereocenters. The van der Waals surface area contributed by atoms with Crippen LogP contribution in [0.15, 0.2) is 30.3 Å². The monoisotopic (exact) mass is 230 g/mol. The van der Waals surface area contributed by atoms with E-state index < -0.39 is 13.1 Å². The number of hydrogen-bond acceptors (Lipinski definition) is 1. The fourth-order valence-electron chi connectivity index (χ4n) is 1.88. The molecule has 0 amide bonds. The van der Waals surface area contributed by atoms with E-state index in [-0.39, 0.29) is 25.2 Å². The van der Waals surface area contributed by atoms with Crippen molar-refractivity contribution < 1.29 is 13.3 Å². The maximum Gasteiger partial charge on any atom is 0.249 e. The maximum absolute atomic E-state index is 12.9. The summed E-state index contributed by atoms with van der Waals surface area (Å²) in [6, 6.07) is 9.02. The van der Waals surface area contributed by atoms with E-state index in [1.165, 1.54) is 0 Å². The van der Waals surface area contributed by atoms with Crippen molar-refractivity contribution in [3.05, 3.63) is 30.3 Å². The van der Waals surface area contributed by atoms with Crippen LogP contribution in [0, 0.1) is 0 Å². The lowest BCUT2D eigenvalue weighted by Gasteiger charge is -2.28. The summed E-state index contributed by atoms with van der Waals surface area (Å²) in [5.41, 5.74) is 0. The molecule has 1 aromatic rings. The fourth-order valence-corrected chi connectivity index (χ4v) is 4.72. The summed E-state index contributed by atoms with van der Waals surface area (Å²) < 4.78 is 38.3. The Morgan fingerprint density at radius 2 is 1.60 bits per heavy atom. The zero-order valence-electron chi connectivity index (χ0n) is 8.33. The molecule has 82 valence electrons. The van der Waals surface area contributed by atoms with Gasteiger partial charge >= 0.3 is 0 Å². The van der Waals surface area contributed by atoms with Crippen LogP contribution in [-0.2, 0) is 4.57 Å². The first kappa shape index (κ1) is 10.8. The molecule has 1 aliphatic heterocycles. The van der Waals surface area contributed by atoms with Gasteiger partial charge in [0.2, 0.25) is 5.92 Å². The molecule has 1 heterocycles. The summed E-state index contributed by atoms with van der Waals surface area (Å²) in [6.07, 6.45) is -0.188. The van der Waals surface area contributed by atoms with Crippen molar-refractivity contribution in [2.24, 2.45) is 0 Å². The second-order valence-electron chi connectivity index (χ2n) is 4.03. The molecule has 0 radical (unpaired) electrons. The fraction of sp³-hybridized carbons (Fsp3) is 0.455. The molecule has 1 aliphatic rings. The van der Waals surface area contributed by atoms with Gasteiger partial charge in [-0.25, -0.2) is 8.78 Å². The zero-order valence-corrected chi connectivity index (χ0v) is 9.22. The summed E-state index contributed by atoms with van der Waals surface area (Å²) in [4.78, 5) is 0. The molecule has 0 spiro atoms. The maximum atomic E-state index is 12.9. The molecule has 0 aliphatic carbocycles. The van der Waals surface area contributed by atoms with Gasteiger partial charge in [-0.1, -0.05) is 30.3 Å². The van der Waals surface area contributed by atoms with E-state index in [9.17, 15) is 13.3 Å². The van der Waals surface area contributed by atoms with E-state index in [1.54, 1.807) is 12.1 Å². The molecule has 0 N–H and O–H groups in total. The first-order valence-corrected chi connectivity index (χ1v) is 7.11. The van der Waals surface area contributed by atoms with Crippen LogP contribution in [-0.4, -0.2) is 18.2 Å². The highest BCUT2D eigenvalue weighted by molar-refractivity contribution is 7.71. The second-order valence-corrected chi connectivity index (χ2v) is 7.22. The SMILES string of the molecule is O=P1(c2ccccc2)CCC(F)(F)CC1. The minimum atomic E-state index is -2.61. The summed E-state index contributed by atoms with van der Waals surface area (Å²) in [5.74, 6) is -2.61. The standard InChI is InChI=1S/C11H13F2OP/c12-11(13)6-8-15(14,9-7-11)10-4-2-1-3-5-10/h1-5H,6-9H2. The third-order valence-corrected chi connectivity index (χ3v) is 6.04. The van der Waals surface area contributed by atoms with Gasteiger partial charge in [0.05, 0.1) is 0 Å². The van der Waals surface area contributed by atoms with Crippen molar-refractivity contribution in [3.8, 4) is 0 Å². The van der Waals surface area contributed by atoms with Gasteiger partial charge in [0.1, 0.15) is 7.14 Å². The third kappa shape index (κ3) is 2.28. The largest absolute Gasteiger partial charge is 0.319 e. The Morgan fingerprint density at radius 3 is 2.13 bits per heavy atom. The molecule has 1 fully saturated rings. The van der Waals surface area contributed by atoms with E-state index in [2.05, 4.69) is 0 Å². The summed E-state index contributed by atoms with van der Waals surface area (Å²) >= 11 is 0. The highest BCUT2D eigenvalue weighted by atomic mass is 31.2. The number of benzene rings is 1. The highest BCUT2D eigenvalue weighted by Crippen LogP contribution is 2.52. The second kappa shape index (κ2) is 3.71. The highest BCUT2D eigenvalue weighted by Gasteiger charge is 2.40. The van der Waals surface area contributed by atoms with Crippen LogP contribution in [0.25, 0.3) is 0 Å². The molecule has 1 saturated heterocycles. The van der Waals surface area contributed by atoms with Crippen LogP contribution in [0.2, 0.25) is 0 Å². The number of alkyl halides is 2. The van der Waals surface area contributed by atoms with Crippen molar-refractivity contribution in [2.45, 2.75) is 18.8 Å². The molecule has 15 heavy (non-hydrogen) atoms. The average Bonchev–Trinajstić information content (AvgIpc) is 2.24. The van der Waals surface area contributed by atoms with Gasteiger partial charge in [-0.05, 0) is 0 Å². The van der Waals surface area contributed by atoms with E-state index in [0.717, 1.165) is 5.30 Å². The van der Waals surface area contributed by atoms with Gasteiger partial charge in [0.25, 0.3) is 0 Å². The van der Waals surface area contributed by atoms with Crippen molar-refractivity contribution in [3.63, 3.8) is 0 Å². The Hall–Kier alpha value is -0.690. The molecule has 0 atom stereocenters. The van der Waals surface area contributed by atoms with E-state index in [4.69, 9.17) is 0 Å². The summed E-state index contributed by atoms with van der Waals surface area (Å²) in [6.45, 7) is 0. The normalized spacial score (nSPS) is 23.6. The smallest absolute Gasteiger partial charge is 0.249 e. The van der Waals surface area contributed by atoms with Crippen LogP contribution in [0.4, 0.5) is 8.78 Å². The molecule has 1 aromatic carbocycles. The lowest BCUT2D eigenvalue weighted by Crippen LogP contribution is -2.28. The van der Waals surface area contributed by atoms with Gasteiger partial charge in [-0.3, -0.25) is 0 Å². The third-order valence-electron chi connectivity index (χ3n) is 2.90. The van der Waals surface area contributed by atoms with Gasteiger partial charge in [0.15, 0.2) is 0 Å². The molecular formula is C11H13F2OP. The molecular weight excluding hydrogens is 217 g/mol. The Morgan fingerprint density at radius 1 is 1.07 bits per heavy atom. The van der Waals surface area contributed by atoms with Gasteiger partial charge in [-0.2, -0.15) is 0 Å². The average molecular weight is 230 g/mol. The van der Waals surface area contributed by atoms with E-state index in [1.807, 2.05) is 18.2 Å². The Kier molecular flexibility index (Phi) is 2.68. The Labute approximate surface area is 87.9 Å². The van der Waals surface area contributed by atoms with Crippen molar-refractivity contribution >= 4 is 12.4 Å². The zero-order chi connectivity index (χ0) is 10.9. The minimum Gasteiger partial charge on any atom is -0.319 e. The Balaban J connectivity index is 2.21. The predicted molar refractivity (Wildman–Crippen MR) is 57.6 cm³/mol. The van der Waals surface area contributed by atoms with Crippen molar-refractivity contribution in [1.29, 1.82) is 0 Å². The lowest BCUT2D eigenvalue weighted by molar-refractivity contribution is -0.00852. The first-order chi connectivity index (χ1) is 7.02. The van der Waals surface area contributed by atoms with Gasteiger partial charge in [0, 0.05) is 30.5 Å². The van der Waals surface area contributed by atoms with Crippen LogP contribution in [0.1, 0.15) is 12.8 Å². The number of rotatable bonds is 1.